The predicted octanol–water partition coefficient (Wildman–Crippen LogP) is 3.56. The molecule has 0 unspecified atom stereocenters. The first-order valence-electron chi connectivity index (χ1n) is 9.14. The second-order valence-corrected chi connectivity index (χ2v) is 7.09. The van der Waals surface area contributed by atoms with Crippen molar-refractivity contribution in [1.82, 2.24) is 5.32 Å². The van der Waals surface area contributed by atoms with Crippen LogP contribution in [0.3, 0.4) is 0 Å². The molecule has 138 valence electrons. The van der Waals surface area contributed by atoms with Gasteiger partial charge in [-0.15, -0.1) is 0 Å². The lowest BCUT2D eigenvalue weighted by Gasteiger charge is -2.34. The largest absolute Gasteiger partial charge is 0.506 e. The molecule has 1 fully saturated rings. The quantitative estimate of drug-likeness (QED) is 0.580. The molecule has 1 saturated heterocycles. The van der Waals surface area contributed by atoms with Crippen molar-refractivity contribution >= 4 is 17.3 Å². The normalized spacial score (nSPS) is 16.3. The van der Waals surface area contributed by atoms with Crippen molar-refractivity contribution in [2.24, 2.45) is 0 Å². The van der Waals surface area contributed by atoms with Gasteiger partial charge < -0.3 is 21.1 Å². The standard InChI is InChI=1S/C21H27N3O2/c1-14(23-15(2)25)16-3-5-17(6-4-16)18-9-11-24(12-10-18)19-7-8-21(26)20(22)13-19/h3-8,13-14,18,26H,9-12,22H2,1-2H3,(H,23,25)/t14-/m0/s1. The fourth-order valence-electron chi connectivity index (χ4n) is 3.65. The van der Waals surface area contributed by atoms with Crippen LogP contribution in [0.5, 0.6) is 5.75 Å². The minimum atomic E-state index is -0.0104. The number of aromatic hydroxyl groups is 1. The zero-order valence-electron chi connectivity index (χ0n) is 15.4. The highest BCUT2D eigenvalue weighted by atomic mass is 16.3. The molecule has 1 atom stereocenters. The van der Waals surface area contributed by atoms with Gasteiger partial charge in [0.15, 0.2) is 0 Å². The van der Waals surface area contributed by atoms with E-state index in [9.17, 15) is 9.90 Å². The van der Waals surface area contributed by atoms with E-state index in [1.54, 1.807) is 13.0 Å². The summed E-state index contributed by atoms with van der Waals surface area (Å²) >= 11 is 0. The van der Waals surface area contributed by atoms with Gasteiger partial charge in [-0.25, -0.2) is 0 Å². The van der Waals surface area contributed by atoms with Gasteiger partial charge in [0.1, 0.15) is 5.75 Å². The van der Waals surface area contributed by atoms with Gasteiger partial charge in [-0.1, -0.05) is 24.3 Å². The molecule has 3 rings (SSSR count). The zero-order valence-corrected chi connectivity index (χ0v) is 15.4. The number of carbonyl (C=O) groups is 1. The molecule has 0 bridgehead atoms. The molecule has 0 radical (unpaired) electrons. The molecule has 2 aromatic rings. The second kappa shape index (κ2) is 7.68. The molecule has 0 aromatic heterocycles. The Morgan fingerprint density at radius 1 is 1.19 bits per heavy atom. The SMILES string of the molecule is CC(=O)N[C@@H](C)c1ccc(C2CCN(c3ccc(O)c(N)c3)CC2)cc1. The van der Waals surface area contributed by atoms with Crippen molar-refractivity contribution < 1.29 is 9.90 Å². The second-order valence-electron chi connectivity index (χ2n) is 7.09. The third kappa shape index (κ3) is 4.10. The monoisotopic (exact) mass is 353 g/mol. The van der Waals surface area contributed by atoms with E-state index in [2.05, 4.69) is 34.5 Å². The number of nitrogens with zero attached hydrogens (tertiary/aromatic N) is 1. The van der Waals surface area contributed by atoms with Gasteiger partial charge in [0.05, 0.1) is 11.7 Å². The molecule has 4 N–H and O–H groups in total. The summed E-state index contributed by atoms with van der Waals surface area (Å²) < 4.78 is 0. The molecule has 1 aliphatic heterocycles. The van der Waals surface area contributed by atoms with Crippen LogP contribution in [0.25, 0.3) is 0 Å². The minimum Gasteiger partial charge on any atom is -0.506 e. The summed E-state index contributed by atoms with van der Waals surface area (Å²) in [4.78, 5) is 13.5. The average Bonchev–Trinajstić information content (AvgIpc) is 2.64. The van der Waals surface area contributed by atoms with E-state index in [-0.39, 0.29) is 17.7 Å². The van der Waals surface area contributed by atoms with Crippen LogP contribution in [-0.2, 0) is 4.79 Å². The van der Waals surface area contributed by atoms with Crippen molar-refractivity contribution in [2.75, 3.05) is 23.7 Å². The number of rotatable bonds is 4. The number of hydrogen-bond acceptors (Lipinski definition) is 4. The molecule has 2 aromatic carbocycles. The van der Waals surface area contributed by atoms with E-state index in [4.69, 9.17) is 5.73 Å². The topological polar surface area (TPSA) is 78.6 Å². The van der Waals surface area contributed by atoms with Crippen molar-refractivity contribution in [2.45, 2.75) is 38.6 Å². The van der Waals surface area contributed by atoms with Crippen molar-refractivity contribution in [3.05, 3.63) is 53.6 Å². The molecule has 1 aliphatic rings. The summed E-state index contributed by atoms with van der Waals surface area (Å²) in [5, 5.41) is 12.5. The van der Waals surface area contributed by atoms with E-state index in [0.29, 0.717) is 11.6 Å². The number of anilines is 2. The number of phenolic OH excluding ortho intramolecular Hbond substituents is 1. The number of nitrogens with one attached hydrogen (secondary N) is 1. The number of nitrogen functional groups attached to an aromatic ring is 1. The lowest BCUT2D eigenvalue weighted by atomic mass is 9.88. The number of phenols is 1. The van der Waals surface area contributed by atoms with Crippen molar-refractivity contribution in [3.8, 4) is 5.75 Å². The highest BCUT2D eigenvalue weighted by Gasteiger charge is 2.21. The Labute approximate surface area is 154 Å². The van der Waals surface area contributed by atoms with Gasteiger partial charge in [-0.05, 0) is 55.0 Å². The van der Waals surface area contributed by atoms with Crippen LogP contribution in [0.4, 0.5) is 11.4 Å². The van der Waals surface area contributed by atoms with Crippen LogP contribution in [0.1, 0.15) is 49.8 Å². The smallest absolute Gasteiger partial charge is 0.217 e. The van der Waals surface area contributed by atoms with E-state index in [0.717, 1.165) is 37.2 Å². The molecule has 0 aliphatic carbocycles. The summed E-state index contributed by atoms with van der Waals surface area (Å²) in [7, 11) is 0. The molecule has 1 heterocycles. The predicted molar refractivity (Wildman–Crippen MR) is 105 cm³/mol. The number of nitrogens with two attached hydrogens (primary N) is 1. The maximum Gasteiger partial charge on any atom is 0.217 e. The van der Waals surface area contributed by atoms with Gasteiger partial charge in [0.25, 0.3) is 0 Å². The zero-order chi connectivity index (χ0) is 18.7. The van der Waals surface area contributed by atoms with Gasteiger partial charge >= 0.3 is 0 Å². The minimum absolute atomic E-state index is 0.0104. The molecule has 5 heteroatoms. The number of hydrogen-bond donors (Lipinski definition) is 3. The molecule has 0 spiro atoms. The fourth-order valence-corrected chi connectivity index (χ4v) is 3.65. The summed E-state index contributed by atoms with van der Waals surface area (Å²) in [6, 6.07) is 14.1. The molecule has 0 saturated carbocycles. The van der Waals surface area contributed by atoms with Crippen LogP contribution < -0.4 is 16.0 Å². The highest BCUT2D eigenvalue weighted by Crippen LogP contribution is 2.33. The maximum atomic E-state index is 11.2. The van der Waals surface area contributed by atoms with Crippen molar-refractivity contribution in [1.29, 1.82) is 0 Å². The third-order valence-corrected chi connectivity index (χ3v) is 5.20. The van der Waals surface area contributed by atoms with Crippen molar-refractivity contribution in [3.63, 3.8) is 0 Å². The van der Waals surface area contributed by atoms with Gasteiger partial charge in [-0.3, -0.25) is 4.79 Å². The highest BCUT2D eigenvalue weighted by molar-refractivity contribution is 5.73. The van der Waals surface area contributed by atoms with E-state index in [1.807, 2.05) is 19.1 Å². The first kappa shape index (κ1) is 18.1. The van der Waals surface area contributed by atoms with E-state index < -0.39 is 0 Å². The van der Waals surface area contributed by atoms with E-state index >= 15 is 0 Å². The van der Waals surface area contributed by atoms with Crippen LogP contribution in [0.2, 0.25) is 0 Å². The Hall–Kier alpha value is -2.69. The number of carbonyl (C=O) groups excluding carboxylic acids is 1. The lowest BCUT2D eigenvalue weighted by molar-refractivity contribution is -0.119. The molecule has 26 heavy (non-hydrogen) atoms. The van der Waals surface area contributed by atoms with Crippen LogP contribution in [-0.4, -0.2) is 24.1 Å². The first-order valence-corrected chi connectivity index (χ1v) is 9.14. The fraction of sp³-hybridized carbons (Fsp3) is 0.381. The average molecular weight is 353 g/mol. The van der Waals surface area contributed by atoms with Gasteiger partial charge in [0.2, 0.25) is 5.91 Å². The number of piperidine rings is 1. The van der Waals surface area contributed by atoms with Gasteiger partial charge in [0, 0.05) is 25.7 Å². The maximum absolute atomic E-state index is 11.2. The first-order chi connectivity index (χ1) is 12.4. The van der Waals surface area contributed by atoms with E-state index in [1.165, 1.54) is 5.56 Å². The Balaban J connectivity index is 1.61. The number of amides is 1. The molecule has 1 amide bonds. The van der Waals surface area contributed by atoms with Crippen LogP contribution in [0.15, 0.2) is 42.5 Å². The molecular formula is C21H27N3O2. The van der Waals surface area contributed by atoms with Crippen LogP contribution in [0, 0.1) is 0 Å². The summed E-state index contributed by atoms with van der Waals surface area (Å²) in [6.07, 6.45) is 2.17. The summed E-state index contributed by atoms with van der Waals surface area (Å²) in [5.74, 6) is 0.673. The Morgan fingerprint density at radius 3 is 2.42 bits per heavy atom. The lowest BCUT2D eigenvalue weighted by Crippen LogP contribution is -2.32. The Bertz CT molecular complexity index is 765. The number of benzene rings is 2. The summed E-state index contributed by atoms with van der Waals surface area (Å²) in [6.45, 7) is 5.48. The summed E-state index contributed by atoms with van der Waals surface area (Å²) in [5.41, 5.74) is 9.78. The molecular weight excluding hydrogens is 326 g/mol. The van der Waals surface area contributed by atoms with Gasteiger partial charge in [-0.2, -0.15) is 0 Å². The Kier molecular flexibility index (Phi) is 5.35. The molecule has 5 nitrogen and oxygen atoms in total. The Morgan fingerprint density at radius 2 is 1.85 bits per heavy atom. The van der Waals surface area contributed by atoms with Crippen LogP contribution >= 0.6 is 0 Å². The third-order valence-electron chi connectivity index (χ3n) is 5.20.